The van der Waals surface area contributed by atoms with Crippen LogP contribution >= 0.6 is 0 Å². The largest absolute Gasteiger partial charge is 0.451 e. The van der Waals surface area contributed by atoms with Crippen LogP contribution < -0.4 is 10.6 Å². The zero-order valence-corrected chi connectivity index (χ0v) is 11.7. The van der Waals surface area contributed by atoms with Crippen molar-refractivity contribution < 1.29 is 27.9 Å². The van der Waals surface area contributed by atoms with Gasteiger partial charge in [0.1, 0.15) is 17.7 Å². The summed E-state index contributed by atoms with van der Waals surface area (Å²) < 4.78 is 31.3. The Morgan fingerprint density at radius 3 is 2.77 bits per heavy atom. The molecule has 1 saturated heterocycles. The number of carbonyl (C=O) groups excluding carboxylic acids is 3. The Balaban J connectivity index is 1.93. The van der Waals surface area contributed by atoms with Crippen LogP contribution in [0, 0.1) is 11.6 Å². The Labute approximate surface area is 124 Å². The number of halogens is 2. The number of nitrogens with one attached hydrogen (secondary N) is 2. The van der Waals surface area contributed by atoms with Crippen molar-refractivity contribution in [1.82, 2.24) is 5.32 Å². The van der Waals surface area contributed by atoms with Gasteiger partial charge in [-0.3, -0.25) is 9.59 Å². The van der Waals surface area contributed by atoms with E-state index in [-0.39, 0.29) is 18.0 Å². The summed E-state index contributed by atoms with van der Waals surface area (Å²) >= 11 is 0. The van der Waals surface area contributed by atoms with E-state index in [1.807, 2.05) is 0 Å². The third-order valence-corrected chi connectivity index (χ3v) is 3.13. The fourth-order valence-electron chi connectivity index (χ4n) is 1.93. The molecule has 0 aromatic heterocycles. The van der Waals surface area contributed by atoms with E-state index in [2.05, 4.69) is 10.6 Å². The molecule has 0 spiro atoms. The summed E-state index contributed by atoms with van der Waals surface area (Å²) in [7, 11) is 0. The smallest absolute Gasteiger partial charge is 0.329 e. The van der Waals surface area contributed by atoms with Crippen molar-refractivity contribution in [2.24, 2.45) is 0 Å². The lowest BCUT2D eigenvalue weighted by Crippen LogP contribution is -2.39. The number of ether oxygens (including phenoxy) is 1. The first-order chi connectivity index (χ1) is 10.4. The van der Waals surface area contributed by atoms with E-state index >= 15 is 0 Å². The molecule has 0 unspecified atom stereocenters. The highest BCUT2D eigenvalue weighted by molar-refractivity contribution is 5.96. The summed E-state index contributed by atoms with van der Waals surface area (Å²) in [6.45, 7) is 1.29. The van der Waals surface area contributed by atoms with Gasteiger partial charge in [0, 0.05) is 12.5 Å². The van der Waals surface area contributed by atoms with Crippen molar-refractivity contribution in [2.75, 3.05) is 5.32 Å². The first-order valence-electron chi connectivity index (χ1n) is 6.62. The maximum Gasteiger partial charge on any atom is 0.329 e. The molecule has 1 fully saturated rings. The van der Waals surface area contributed by atoms with Crippen LogP contribution in [0.25, 0.3) is 0 Å². The predicted molar refractivity (Wildman–Crippen MR) is 71.7 cm³/mol. The monoisotopic (exact) mass is 312 g/mol. The van der Waals surface area contributed by atoms with E-state index < -0.39 is 35.7 Å². The van der Waals surface area contributed by atoms with E-state index in [9.17, 15) is 23.2 Å². The average molecular weight is 312 g/mol. The molecule has 1 aromatic rings. The lowest BCUT2D eigenvalue weighted by molar-refractivity contribution is -0.155. The van der Waals surface area contributed by atoms with Crippen molar-refractivity contribution in [3.05, 3.63) is 29.8 Å². The minimum atomic E-state index is -1.22. The molecule has 22 heavy (non-hydrogen) atoms. The lowest BCUT2D eigenvalue weighted by atomic mass is 10.2. The van der Waals surface area contributed by atoms with Gasteiger partial charge >= 0.3 is 5.97 Å². The summed E-state index contributed by atoms with van der Waals surface area (Å²) in [5, 5.41) is 4.55. The minimum absolute atomic E-state index is 0.217. The molecular weight excluding hydrogens is 298 g/mol. The molecule has 1 aromatic carbocycles. The van der Waals surface area contributed by atoms with Gasteiger partial charge in [-0.05, 0) is 25.5 Å². The second kappa shape index (κ2) is 6.50. The maximum absolute atomic E-state index is 13.4. The number of anilines is 1. The summed E-state index contributed by atoms with van der Waals surface area (Å²) in [6.07, 6.45) is -0.702. The normalized spacial score (nSPS) is 18.5. The second-order valence-electron chi connectivity index (χ2n) is 4.85. The fraction of sp³-hybridized carbons (Fsp3) is 0.357. The van der Waals surface area contributed by atoms with Gasteiger partial charge in [0.15, 0.2) is 6.10 Å². The number of carbonyl (C=O) groups is 3. The summed E-state index contributed by atoms with van der Waals surface area (Å²) in [5.41, 5.74) is -0.345. The SMILES string of the molecule is C[C@@H](OC(=O)[C@H]1CCC(=O)N1)C(=O)Nc1cc(F)ccc1F. The van der Waals surface area contributed by atoms with Gasteiger partial charge in [-0.15, -0.1) is 0 Å². The van der Waals surface area contributed by atoms with E-state index in [1.165, 1.54) is 6.92 Å². The summed E-state index contributed by atoms with van der Waals surface area (Å²) in [4.78, 5) is 34.6. The third-order valence-electron chi connectivity index (χ3n) is 3.13. The molecule has 2 amide bonds. The van der Waals surface area contributed by atoms with Gasteiger partial charge < -0.3 is 15.4 Å². The molecule has 1 heterocycles. The Morgan fingerprint density at radius 2 is 2.14 bits per heavy atom. The van der Waals surface area contributed by atoms with Crippen LogP contribution in [-0.4, -0.2) is 29.9 Å². The molecule has 0 aliphatic carbocycles. The van der Waals surface area contributed by atoms with E-state index in [0.717, 1.165) is 18.2 Å². The van der Waals surface area contributed by atoms with E-state index in [0.29, 0.717) is 6.42 Å². The average Bonchev–Trinajstić information content (AvgIpc) is 2.89. The minimum Gasteiger partial charge on any atom is -0.451 e. The predicted octanol–water partition coefficient (Wildman–Crippen LogP) is 1.11. The van der Waals surface area contributed by atoms with Crippen LogP contribution in [0.5, 0.6) is 0 Å². The number of hydrogen-bond acceptors (Lipinski definition) is 4. The van der Waals surface area contributed by atoms with Crippen LogP contribution in [0.4, 0.5) is 14.5 Å². The maximum atomic E-state index is 13.4. The van der Waals surface area contributed by atoms with Crippen LogP contribution in [-0.2, 0) is 19.1 Å². The fourth-order valence-corrected chi connectivity index (χ4v) is 1.93. The third kappa shape index (κ3) is 3.78. The summed E-state index contributed by atoms with van der Waals surface area (Å²) in [6, 6.07) is 1.82. The van der Waals surface area contributed by atoms with Crippen LogP contribution in [0.2, 0.25) is 0 Å². The molecule has 1 aliphatic rings. The Morgan fingerprint density at radius 1 is 1.41 bits per heavy atom. The van der Waals surface area contributed by atoms with Gasteiger partial charge in [0.25, 0.3) is 5.91 Å². The standard InChI is InChI=1S/C14H14F2N2O4/c1-7(22-14(21)10-4-5-12(19)17-10)13(20)18-11-6-8(15)2-3-9(11)16/h2-3,6-7,10H,4-5H2,1H3,(H,17,19)(H,18,20)/t7-,10-/m1/s1. The van der Waals surface area contributed by atoms with E-state index in [1.54, 1.807) is 0 Å². The van der Waals surface area contributed by atoms with Crippen molar-refractivity contribution in [2.45, 2.75) is 31.9 Å². The molecule has 1 aliphatic heterocycles. The number of benzene rings is 1. The topological polar surface area (TPSA) is 84.5 Å². The Hall–Kier alpha value is -2.51. The highest BCUT2D eigenvalue weighted by Gasteiger charge is 2.31. The zero-order chi connectivity index (χ0) is 16.3. The highest BCUT2D eigenvalue weighted by Crippen LogP contribution is 2.16. The van der Waals surface area contributed by atoms with Gasteiger partial charge in [-0.25, -0.2) is 13.6 Å². The van der Waals surface area contributed by atoms with Crippen molar-refractivity contribution in [3.8, 4) is 0 Å². The zero-order valence-electron chi connectivity index (χ0n) is 11.7. The van der Waals surface area contributed by atoms with Gasteiger partial charge in [0.2, 0.25) is 5.91 Å². The first-order valence-corrected chi connectivity index (χ1v) is 6.62. The Bertz CT molecular complexity index is 621. The van der Waals surface area contributed by atoms with Crippen molar-refractivity contribution >= 4 is 23.5 Å². The molecule has 8 heteroatoms. The number of esters is 1. The molecule has 2 rings (SSSR count). The number of amides is 2. The quantitative estimate of drug-likeness (QED) is 0.816. The van der Waals surface area contributed by atoms with E-state index in [4.69, 9.17) is 4.74 Å². The number of hydrogen-bond donors (Lipinski definition) is 2. The molecule has 0 saturated carbocycles. The van der Waals surface area contributed by atoms with Crippen molar-refractivity contribution in [3.63, 3.8) is 0 Å². The molecule has 2 atom stereocenters. The van der Waals surface area contributed by atoms with Crippen LogP contribution in [0.3, 0.4) is 0 Å². The molecular formula is C14H14F2N2O4. The molecule has 6 nitrogen and oxygen atoms in total. The highest BCUT2D eigenvalue weighted by atomic mass is 19.1. The van der Waals surface area contributed by atoms with Crippen LogP contribution in [0.1, 0.15) is 19.8 Å². The molecule has 0 radical (unpaired) electrons. The molecule has 2 N–H and O–H groups in total. The Kier molecular flexibility index (Phi) is 4.69. The number of rotatable bonds is 4. The lowest BCUT2D eigenvalue weighted by Gasteiger charge is -2.16. The molecule has 0 bridgehead atoms. The summed E-state index contributed by atoms with van der Waals surface area (Å²) in [5.74, 6) is -3.33. The second-order valence-corrected chi connectivity index (χ2v) is 4.85. The first kappa shape index (κ1) is 15.9. The van der Waals surface area contributed by atoms with Gasteiger partial charge in [-0.1, -0.05) is 0 Å². The van der Waals surface area contributed by atoms with Crippen molar-refractivity contribution in [1.29, 1.82) is 0 Å². The molecule has 118 valence electrons. The van der Waals surface area contributed by atoms with Crippen LogP contribution in [0.15, 0.2) is 18.2 Å². The van der Waals surface area contributed by atoms with Gasteiger partial charge in [0.05, 0.1) is 5.69 Å². The van der Waals surface area contributed by atoms with Gasteiger partial charge in [-0.2, -0.15) is 0 Å².